The number of unbranched alkanes of at least 4 members (excludes halogenated alkanes) is 3. The van der Waals surface area contributed by atoms with E-state index < -0.39 is 0 Å². The molecule has 0 saturated carbocycles. The van der Waals surface area contributed by atoms with Crippen LogP contribution in [0.3, 0.4) is 0 Å². The molecule has 6 heteroatoms. The Hall–Kier alpha value is -3.02. The molecule has 0 saturated heterocycles. The number of Topliss-reactive ketones (excluding diaryl/α,β-unsaturated/α-hetero) is 2. The Labute approximate surface area is 164 Å². The molecule has 6 nitrogen and oxygen atoms in total. The number of carbonyl (C=O) groups excluding carboxylic acids is 2. The fraction of sp³-hybridized carbons (Fsp3) is 0.364. The summed E-state index contributed by atoms with van der Waals surface area (Å²) >= 11 is 0. The molecule has 0 unspecified atom stereocenters. The van der Waals surface area contributed by atoms with Crippen molar-refractivity contribution in [3.05, 3.63) is 47.5 Å². The van der Waals surface area contributed by atoms with Crippen molar-refractivity contribution in [2.24, 2.45) is 0 Å². The highest BCUT2D eigenvalue weighted by Crippen LogP contribution is 2.26. The second-order valence-corrected chi connectivity index (χ2v) is 6.53. The van der Waals surface area contributed by atoms with Gasteiger partial charge in [0, 0.05) is 25.0 Å². The van der Waals surface area contributed by atoms with Crippen LogP contribution in [-0.2, 0) is 0 Å². The molecule has 0 aromatic heterocycles. The molecule has 2 aromatic carbocycles. The zero-order valence-electron chi connectivity index (χ0n) is 16.2. The van der Waals surface area contributed by atoms with Crippen LogP contribution in [-0.4, -0.2) is 36.0 Å². The number of rotatable bonds is 11. The van der Waals surface area contributed by atoms with Gasteiger partial charge in [-0.1, -0.05) is 12.8 Å². The normalized spacial score (nSPS) is 10.5. The molecule has 0 radical (unpaired) electrons. The minimum Gasteiger partial charge on any atom is -0.507 e. The van der Waals surface area contributed by atoms with Gasteiger partial charge in [-0.3, -0.25) is 9.59 Å². The lowest BCUT2D eigenvalue weighted by molar-refractivity contribution is 0.0963. The molecule has 0 amide bonds. The standard InChI is InChI=1S/C22H26O6/c1-27-15-9-11-17(21(25)13-15)19(23)7-5-3-4-6-8-20(24)18-12-10-16(28-2)14-22(18)26/h9-14,25-26H,3-8H2,1-2H3. The van der Waals surface area contributed by atoms with E-state index in [0.717, 1.165) is 12.8 Å². The van der Waals surface area contributed by atoms with E-state index in [1.807, 2.05) is 0 Å². The Balaban J connectivity index is 1.70. The fourth-order valence-electron chi connectivity index (χ4n) is 2.94. The lowest BCUT2D eigenvalue weighted by atomic mass is 10.0. The van der Waals surface area contributed by atoms with Crippen molar-refractivity contribution in [3.8, 4) is 23.0 Å². The second-order valence-electron chi connectivity index (χ2n) is 6.53. The number of ketones is 2. The van der Waals surface area contributed by atoms with Gasteiger partial charge in [0.2, 0.25) is 0 Å². The number of ether oxygens (including phenoxy) is 2. The first kappa shape index (κ1) is 21.3. The number of carbonyl (C=O) groups is 2. The zero-order valence-corrected chi connectivity index (χ0v) is 16.2. The predicted octanol–water partition coefficient (Wildman–Crippen LogP) is 4.52. The van der Waals surface area contributed by atoms with Crippen LogP contribution in [0.25, 0.3) is 0 Å². The van der Waals surface area contributed by atoms with Gasteiger partial charge in [0.05, 0.1) is 25.3 Å². The van der Waals surface area contributed by atoms with Crippen molar-refractivity contribution in [2.45, 2.75) is 38.5 Å². The van der Waals surface area contributed by atoms with Gasteiger partial charge in [-0.25, -0.2) is 0 Å². The van der Waals surface area contributed by atoms with Crippen molar-refractivity contribution in [1.29, 1.82) is 0 Å². The third-order valence-corrected chi connectivity index (χ3v) is 4.57. The molecule has 0 aliphatic carbocycles. The first-order chi connectivity index (χ1) is 13.5. The van der Waals surface area contributed by atoms with Crippen molar-refractivity contribution >= 4 is 11.6 Å². The maximum atomic E-state index is 12.2. The lowest BCUT2D eigenvalue weighted by Gasteiger charge is -2.07. The topological polar surface area (TPSA) is 93.1 Å². The Kier molecular flexibility index (Phi) is 7.87. The summed E-state index contributed by atoms with van der Waals surface area (Å²) in [5, 5.41) is 19.8. The van der Waals surface area contributed by atoms with Crippen LogP contribution >= 0.6 is 0 Å². The molecular weight excluding hydrogens is 360 g/mol. The lowest BCUT2D eigenvalue weighted by Crippen LogP contribution is -2.01. The Morgan fingerprint density at radius 3 is 1.43 bits per heavy atom. The average Bonchev–Trinajstić information content (AvgIpc) is 2.69. The number of aromatic hydroxyl groups is 2. The van der Waals surface area contributed by atoms with E-state index in [2.05, 4.69) is 0 Å². The van der Waals surface area contributed by atoms with Gasteiger partial charge in [-0.15, -0.1) is 0 Å². The predicted molar refractivity (Wildman–Crippen MR) is 106 cm³/mol. The summed E-state index contributed by atoms with van der Waals surface area (Å²) in [6, 6.07) is 9.27. The van der Waals surface area contributed by atoms with Crippen LogP contribution in [0.2, 0.25) is 0 Å². The van der Waals surface area contributed by atoms with Crippen molar-refractivity contribution < 1.29 is 29.3 Å². The molecule has 2 N–H and O–H groups in total. The van der Waals surface area contributed by atoms with Gasteiger partial charge in [-0.2, -0.15) is 0 Å². The first-order valence-corrected chi connectivity index (χ1v) is 9.26. The highest BCUT2D eigenvalue weighted by molar-refractivity contribution is 5.99. The van der Waals surface area contributed by atoms with E-state index >= 15 is 0 Å². The van der Waals surface area contributed by atoms with Crippen molar-refractivity contribution in [3.63, 3.8) is 0 Å². The molecule has 150 valence electrons. The molecule has 0 bridgehead atoms. The molecule has 0 heterocycles. The minimum atomic E-state index is -0.112. The number of phenols is 2. The fourth-order valence-corrected chi connectivity index (χ4v) is 2.94. The monoisotopic (exact) mass is 386 g/mol. The number of methoxy groups -OCH3 is 2. The van der Waals surface area contributed by atoms with E-state index in [0.29, 0.717) is 48.3 Å². The average molecular weight is 386 g/mol. The van der Waals surface area contributed by atoms with E-state index in [-0.39, 0.29) is 23.1 Å². The Morgan fingerprint density at radius 2 is 1.11 bits per heavy atom. The molecule has 2 rings (SSSR count). The van der Waals surface area contributed by atoms with Gasteiger partial charge in [0.1, 0.15) is 23.0 Å². The third-order valence-electron chi connectivity index (χ3n) is 4.57. The summed E-state index contributed by atoms with van der Waals surface area (Å²) in [5.74, 6) is 0.630. The maximum absolute atomic E-state index is 12.2. The van der Waals surface area contributed by atoms with Gasteiger partial charge in [0.25, 0.3) is 0 Å². The molecular formula is C22H26O6. The number of hydrogen-bond donors (Lipinski definition) is 2. The SMILES string of the molecule is COc1ccc(C(=O)CCCCCCC(=O)c2ccc(OC)cc2O)c(O)c1. The highest BCUT2D eigenvalue weighted by atomic mass is 16.5. The summed E-state index contributed by atoms with van der Waals surface area (Å²) in [5.41, 5.74) is 0.594. The van der Waals surface area contributed by atoms with Gasteiger partial charge < -0.3 is 19.7 Å². The second kappa shape index (κ2) is 10.3. The van der Waals surface area contributed by atoms with E-state index in [1.165, 1.54) is 26.4 Å². The zero-order chi connectivity index (χ0) is 20.5. The molecule has 0 atom stereocenters. The summed E-state index contributed by atoms with van der Waals surface area (Å²) < 4.78 is 10.0. The van der Waals surface area contributed by atoms with Gasteiger partial charge in [0.15, 0.2) is 11.6 Å². The summed E-state index contributed by atoms with van der Waals surface area (Å²) in [7, 11) is 2.99. The summed E-state index contributed by atoms with van der Waals surface area (Å²) in [4.78, 5) is 24.4. The quantitative estimate of drug-likeness (QED) is 0.436. The largest absolute Gasteiger partial charge is 0.507 e. The van der Waals surface area contributed by atoms with Crippen LogP contribution in [0.15, 0.2) is 36.4 Å². The van der Waals surface area contributed by atoms with Gasteiger partial charge in [-0.05, 0) is 37.1 Å². The molecule has 28 heavy (non-hydrogen) atoms. The maximum Gasteiger partial charge on any atom is 0.166 e. The highest BCUT2D eigenvalue weighted by Gasteiger charge is 2.13. The Bertz CT molecular complexity index is 758. The van der Waals surface area contributed by atoms with Crippen LogP contribution in [0.5, 0.6) is 23.0 Å². The number of phenolic OH excluding ortho intramolecular Hbond substituents is 2. The molecule has 2 aromatic rings. The van der Waals surface area contributed by atoms with Crippen LogP contribution in [0, 0.1) is 0 Å². The van der Waals surface area contributed by atoms with Gasteiger partial charge >= 0.3 is 0 Å². The van der Waals surface area contributed by atoms with Crippen LogP contribution < -0.4 is 9.47 Å². The summed E-state index contributed by atoms with van der Waals surface area (Å²) in [6.45, 7) is 0. The number of benzene rings is 2. The van der Waals surface area contributed by atoms with E-state index in [1.54, 1.807) is 24.3 Å². The van der Waals surface area contributed by atoms with Crippen molar-refractivity contribution in [1.82, 2.24) is 0 Å². The van der Waals surface area contributed by atoms with Crippen molar-refractivity contribution in [2.75, 3.05) is 14.2 Å². The minimum absolute atomic E-state index is 0.0748. The van der Waals surface area contributed by atoms with E-state index in [9.17, 15) is 19.8 Å². The molecule has 0 aliphatic heterocycles. The van der Waals surface area contributed by atoms with Crippen LogP contribution in [0.1, 0.15) is 59.2 Å². The first-order valence-electron chi connectivity index (χ1n) is 9.26. The van der Waals surface area contributed by atoms with Crippen LogP contribution in [0.4, 0.5) is 0 Å². The number of hydrogen-bond acceptors (Lipinski definition) is 6. The molecule has 0 aliphatic rings. The smallest absolute Gasteiger partial charge is 0.166 e. The summed E-state index contributed by atoms with van der Waals surface area (Å²) in [6.07, 6.45) is 3.67. The third kappa shape index (κ3) is 5.74. The molecule has 0 fully saturated rings. The molecule has 0 spiro atoms. The Morgan fingerprint density at radius 1 is 0.714 bits per heavy atom. The van der Waals surface area contributed by atoms with E-state index in [4.69, 9.17) is 9.47 Å².